The number of nitrogens with one attached hydrogen (secondary N) is 2. The quantitative estimate of drug-likeness (QED) is 0.889. The average Bonchev–Trinajstić information content (AvgIpc) is 2.47. The molecule has 1 saturated heterocycles. The summed E-state index contributed by atoms with van der Waals surface area (Å²) >= 11 is 0. The van der Waals surface area contributed by atoms with Gasteiger partial charge in [0.2, 0.25) is 0 Å². The van der Waals surface area contributed by atoms with E-state index in [2.05, 4.69) is 24.5 Å². The molecule has 0 bridgehead atoms. The first-order valence-corrected chi connectivity index (χ1v) is 7.27. The van der Waals surface area contributed by atoms with Crippen molar-refractivity contribution in [3.05, 3.63) is 35.9 Å². The zero-order valence-electron chi connectivity index (χ0n) is 12.3. The largest absolute Gasteiger partial charge is 0.445 e. The molecule has 4 nitrogen and oxygen atoms in total. The fourth-order valence-electron chi connectivity index (χ4n) is 2.67. The summed E-state index contributed by atoms with van der Waals surface area (Å²) in [6.45, 7) is 6.51. The van der Waals surface area contributed by atoms with Crippen LogP contribution in [-0.4, -0.2) is 24.7 Å². The summed E-state index contributed by atoms with van der Waals surface area (Å²) in [4.78, 5) is 11.9. The number of alkyl carbamates (subject to hydrolysis) is 1. The summed E-state index contributed by atoms with van der Waals surface area (Å²) in [5.41, 5.74) is 0.776. The molecule has 110 valence electrons. The fraction of sp³-hybridized carbons (Fsp3) is 0.562. The highest BCUT2D eigenvalue weighted by Crippen LogP contribution is 2.25. The molecule has 1 heterocycles. The SMILES string of the molecule is CC(C)(NC(=O)OCc1ccccc1)C1CCNCC1. The molecule has 1 aromatic carbocycles. The number of benzene rings is 1. The molecule has 0 radical (unpaired) electrons. The van der Waals surface area contributed by atoms with Gasteiger partial charge in [-0.3, -0.25) is 0 Å². The molecule has 1 amide bonds. The summed E-state index contributed by atoms with van der Waals surface area (Å²) in [5.74, 6) is 0.494. The van der Waals surface area contributed by atoms with Crippen LogP contribution in [0, 0.1) is 5.92 Å². The van der Waals surface area contributed by atoms with E-state index in [0.29, 0.717) is 12.5 Å². The Morgan fingerprint density at radius 1 is 1.30 bits per heavy atom. The van der Waals surface area contributed by atoms with Crippen molar-refractivity contribution in [2.45, 2.75) is 38.8 Å². The average molecular weight is 276 g/mol. The molecule has 0 atom stereocenters. The van der Waals surface area contributed by atoms with Gasteiger partial charge < -0.3 is 15.4 Å². The van der Waals surface area contributed by atoms with Crippen molar-refractivity contribution in [3.8, 4) is 0 Å². The maximum atomic E-state index is 11.9. The van der Waals surface area contributed by atoms with Crippen LogP contribution < -0.4 is 10.6 Å². The van der Waals surface area contributed by atoms with Crippen LogP contribution in [-0.2, 0) is 11.3 Å². The summed E-state index contributed by atoms with van der Waals surface area (Å²) in [5, 5.41) is 6.35. The molecule has 1 aliphatic rings. The Morgan fingerprint density at radius 3 is 2.60 bits per heavy atom. The third-order valence-electron chi connectivity index (χ3n) is 4.00. The molecule has 0 saturated carbocycles. The second kappa shape index (κ2) is 6.75. The minimum Gasteiger partial charge on any atom is -0.445 e. The minimum atomic E-state index is -0.336. The van der Waals surface area contributed by atoms with E-state index in [1.807, 2.05) is 30.3 Å². The van der Waals surface area contributed by atoms with Gasteiger partial charge >= 0.3 is 6.09 Å². The molecule has 4 heteroatoms. The third kappa shape index (κ3) is 4.23. The van der Waals surface area contributed by atoms with Crippen molar-refractivity contribution in [1.29, 1.82) is 0 Å². The van der Waals surface area contributed by atoms with Crippen molar-refractivity contribution in [2.75, 3.05) is 13.1 Å². The Kier molecular flexibility index (Phi) is 5.01. The normalized spacial score (nSPS) is 16.7. The van der Waals surface area contributed by atoms with Crippen molar-refractivity contribution in [1.82, 2.24) is 10.6 Å². The van der Waals surface area contributed by atoms with Crippen LogP contribution in [0.1, 0.15) is 32.3 Å². The van der Waals surface area contributed by atoms with Gasteiger partial charge in [-0.15, -0.1) is 0 Å². The number of hydrogen-bond donors (Lipinski definition) is 2. The predicted molar refractivity (Wildman–Crippen MR) is 79.4 cm³/mol. The van der Waals surface area contributed by atoms with E-state index in [9.17, 15) is 4.79 Å². The molecule has 20 heavy (non-hydrogen) atoms. The monoisotopic (exact) mass is 276 g/mol. The van der Waals surface area contributed by atoms with E-state index in [4.69, 9.17) is 4.74 Å². The van der Waals surface area contributed by atoms with Gasteiger partial charge in [0, 0.05) is 5.54 Å². The Hall–Kier alpha value is -1.55. The second-order valence-electron chi connectivity index (χ2n) is 5.93. The maximum absolute atomic E-state index is 11.9. The van der Waals surface area contributed by atoms with Gasteiger partial charge in [0.1, 0.15) is 6.61 Å². The van der Waals surface area contributed by atoms with Gasteiger partial charge in [0.25, 0.3) is 0 Å². The van der Waals surface area contributed by atoms with Crippen molar-refractivity contribution in [3.63, 3.8) is 0 Å². The van der Waals surface area contributed by atoms with Crippen molar-refractivity contribution in [2.24, 2.45) is 5.92 Å². The maximum Gasteiger partial charge on any atom is 0.407 e. The van der Waals surface area contributed by atoms with Gasteiger partial charge in [-0.25, -0.2) is 4.79 Å². The number of rotatable bonds is 4. The predicted octanol–water partition coefficient (Wildman–Crippen LogP) is 2.69. The summed E-state index contributed by atoms with van der Waals surface area (Å²) < 4.78 is 5.29. The first kappa shape index (κ1) is 14.9. The van der Waals surface area contributed by atoms with Crippen molar-refractivity contribution < 1.29 is 9.53 Å². The highest BCUT2D eigenvalue weighted by molar-refractivity contribution is 5.68. The Bertz CT molecular complexity index is 425. The zero-order valence-corrected chi connectivity index (χ0v) is 12.3. The smallest absolute Gasteiger partial charge is 0.407 e. The van der Waals surface area contributed by atoms with E-state index in [0.717, 1.165) is 31.5 Å². The topological polar surface area (TPSA) is 50.4 Å². The van der Waals surface area contributed by atoms with E-state index >= 15 is 0 Å². The molecule has 1 aromatic rings. The lowest BCUT2D eigenvalue weighted by Crippen LogP contribution is -2.52. The molecule has 1 aliphatic heterocycles. The van der Waals surface area contributed by atoms with Gasteiger partial charge in [0.15, 0.2) is 0 Å². The lowest BCUT2D eigenvalue weighted by atomic mass is 9.81. The van der Waals surface area contributed by atoms with Crippen LogP contribution in [0.4, 0.5) is 4.79 Å². The molecular weight excluding hydrogens is 252 g/mol. The minimum absolute atomic E-state index is 0.226. The van der Waals surface area contributed by atoms with Crippen LogP contribution in [0.15, 0.2) is 30.3 Å². The highest BCUT2D eigenvalue weighted by atomic mass is 16.5. The Labute approximate surface area is 120 Å². The number of amides is 1. The summed E-state index contributed by atoms with van der Waals surface area (Å²) in [7, 11) is 0. The van der Waals surface area contributed by atoms with Crippen LogP contribution >= 0.6 is 0 Å². The highest BCUT2D eigenvalue weighted by Gasteiger charge is 2.32. The first-order valence-electron chi connectivity index (χ1n) is 7.27. The first-order chi connectivity index (χ1) is 9.58. The van der Waals surface area contributed by atoms with Gasteiger partial charge in [-0.05, 0) is 51.3 Å². The molecular formula is C16H24N2O2. The molecule has 0 unspecified atom stereocenters. The molecule has 1 fully saturated rings. The van der Waals surface area contributed by atoms with E-state index in [1.165, 1.54) is 0 Å². The van der Waals surface area contributed by atoms with Crippen LogP contribution in [0.3, 0.4) is 0 Å². The number of ether oxygens (including phenoxy) is 1. The number of carbonyl (C=O) groups is 1. The van der Waals surface area contributed by atoms with Gasteiger partial charge in [-0.2, -0.15) is 0 Å². The number of piperidine rings is 1. The van der Waals surface area contributed by atoms with Crippen LogP contribution in [0.2, 0.25) is 0 Å². The lowest BCUT2D eigenvalue weighted by molar-refractivity contribution is 0.115. The molecule has 2 rings (SSSR count). The fourth-order valence-corrected chi connectivity index (χ4v) is 2.67. The summed E-state index contributed by atoms with van der Waals surface area (Å²) in [6, 6.07) is 9.73. The third-order valence-corrected chi connectivity index (χ3v) is 4.00. The molecule has 0 spiro atoms. The van der Waals surface area contributed by atoms with E-state index in [-0.39, 0.29) is 11.6 Å². The van der Waals surface area contributed by atoms with Gasteiger partial charge in [0.05, 0.1) is 0 Å². The van der Waals surface area contributed by atoms with E-state index < -0.39 is 0 Å². The standard InChI is InChI=1S/C16H24N2O2/c1-16(2,14-8-10-17-11-9-14)18-15(19)20-12-13-6-4-3-5-7-13/h3-7,14,17H,8-12H2,1-2H3,(H,18,19). The zero-order chi connectivity index (χ0) is 14.4. The van der Waals surface area contributed by atoms with Crippen molar-refractivity contribution >= 4 is 6.09 Å². The Morgan fingerprint density at radius 2 is 1.95 bits per heavy atom. The summed E-state index contributed by atoms with van der Waals surface area (Å²) in [6.07, 6.45) is 1.84. The Balaban J connectivity index is 1.80. The second-order valence-corrected chi connectivity index (χ2v) is 5.93. The van der Waals surface area contributed by atoms with E-state index in [1.54, 1.807) is 0 Å². The molecule has 2 N–H and O–H groups in total. The molecule has 0 aliphatic carbocycles. The van der Waals surface area contributed by atoms with Gasteiger partial charge in [-0.1, -0.05) is 30.3 Å². The lowest BCUT2D eigenvalue weighted by Gasteiger charge is -2.37. The number of hydrogen-bond acceptors (Lipinski definition) is 3. The van der Waals surface area contributed by atoms with Crippen LogP contribution in [0.5, 0.6) is 0 Å². The van der Waals surface area contributed by atoms with Crippen LogP contribution in [0.25, 0.3) is 0 Å². The number of carbonyl (C=O) groups excluding carboxylic acids is 1. The molecule has 0 aromatic heterocycles.